The highest BCUT2D eigenvalue weighted by Crippen LogP contribution is 2.33. The predicted molar refractivity (Wildman–Crippen MR) is 95.8 cm³/mol. The lowest BCUT2D eigenvalue weighted by atomic mass is 10.1. The first-order valence-electron chi connectivity index (χ1n) is 7.75. The van der Waals surface area contributed by atoms with Gasteiger partial charge >= 0.3 is 6.18 Å². The summed E-state index contributed by atoms with van der Waals surface area (Å²) in [6.07, 6.45) is -4.57. The van der Waals surface area contributed by atoms with Crippen LogP contribution >= 0.6 is 0 Å². The SMILES string of the molecule is Cc1ccc(-c2cc(C(F)(F)F)nn2-c2ccc(NN[SH](=O)=O)cc2)cc1. The van der Waals surface area contributed by atoms with E-state index in [2.05, 4.69) is 10.5 Å². The van der Waals surface area contributed by atoms with Crippen LogP contribution in [0.25, 0.3) is 16.9 Å². The number of nitrogens with one attached hydrogen (secondary N) is 2. The second kappa shape index (κ2) is 7.41. The van der Waals surface area contributed by atoms with Crippen molar-refractivity contribution in [3.8, 4) is 16.9 Å². The minimum atomic E-state index is -4.57. The van der Waals surface area contributed by atoms with Gasteiger partial charge in [0.1, 0.15) is 0 Å². The number of hydrogen-bond acceptors (Lipinski definition) is 4. The number of alkyl halides is 3. The summed E-state index contributed by atoms with van der Waals surface area (Å²) in [5, 5.41) is 3.71. The van der Waals surface area contributed by atoms with Gasteiger partial charge in [0.2, 0.25) is 10.9 Å². The Labute approximate surface area is 154 Å². The van der Waals surface area contributed by atoms with Crippen LogP contribution < -0.4 is 10.3 Å². The Morgan fingerprint density at radius 3 is 2.19 bits per heavy atom. The van der Waals surface area contributed by atoms with Gasteiger partial charge in [-0.25, -0.2) is 13.1 Å². The highest BCUT2D eigenvalue weighted by atomic mass is 32.2. The van der Waals surface area contributed by atoms with E-state index in [1.807, 2.05) is 23.9 Å². The molecule has 0 saturated carbocycles. The lowest BCUT2D eigenvalue weighted by molar-refractivity contribution is -0.141. The zero-order chi connectivity index (χ0) is 19.6. The largest absolute Gasteiger partial charge is 0.435 e. The average molecular weight is 396 g/mol. The minimum Gasteiger partial charge on any atom is -0.308 e. The van der Waals surface area contributed by atoms with E-state index in [1.165, 1.54) is 28.9 Å². The number of aryl methyl sites for hydroxylation is 1. The van der Waals surface area contributed by atoms with Gasteiger partial charge in [-0.1, -0.05) is 29.8 Å². The van der Waals surface area contributed by atoms with Crippen molar-refractivity contribution in [1.82, 2.24) is 14.6 Å². The van der Waals surface area contributed by atoms with Crippen molar-refractivity contribution < 1.29 is 21.6 Å². The molecule has 142 valence electrons. The Balaban J connectivity index is 2.03. The van der Waals surface area contributed by atoms with Crippen LogP contribution in [0.2, 0.25) is 0 Å². The van der Waals surface area contributed by atoms with E-state index in [-0.39, 0.29) is 0 Å². The smallest absolute Gasteiger partial charge is 0.308 e. The number of halogens is 3. The number of nitrogens with zero attached hydrogens (tertiary/aromatic N) is 2. The van der Waals surface area contributed by atoms with Crippen LogP contribution in [0.4, 0.5) is 18.9 Å². The number of hydrazine groups is 1. The third-order valence-electron chi connectivity index (χ3n) is 3.75. The van der Waals surface area contributed by atoms with Gasteiger partial charge in [0.25, 0.3) is 0 Å². The monoisotopic (exact) mass is 396 g/mol. The van der Waals surface area contributed by atoms with Crippen LogP contribution in [-0.4, -0.2) is 18.2 Å². The summed E-state index contributed by atoms with van der Waals surface area (Å²) >= 11 is 0. The first-order chi connectivity index (χ1) is 12.7. The predicted octanol–water partition coefficient (Wildman–Crippen LogP) is 3.31. The minimum absolute atomic E-state index is 0.295. The average Bonchev–Trinajstić information content (AvgIpc) is 3.07. The molecule has 0 radical (unpaired) electrons. The van der Waals surface area contributed by atoms with Gasteiger partial charge in [0, 0.05) is 11.3 Å². The highest BCUT2D eigenvalue weighted by Gasteiger charge is 2.35. The summed E-state index contributed by atoms with van der Waals surface area (Å²) in [6.45, 7) is 1.89. The maximum atomic E-state index is 13.2. The van der Waals surface area contributed by atoms with Crippen LogP contribution in [0.1, 0.15) is 11.3 Å². The quantitative estimate of drug-likeness (QED) is 0.457. The Kier molecular flexibility index (Phi) is 5.19. The van der Waals surface area contributed by atoms with Crippen molar-refractivity contribution in [3.63, 3.8) is 0 Å². The molecule has 3 aromatic rings. The molecule has 0 aliphatic rings. The summed E-state index contributed by atoms with van der Waals surface area (Å²) in [7, 11) is -2.83. The van der Waals surface area contributed by atoms with E-state index >= 15 is 0 Å². The number of benzene rings is 2. The molecule has 0 aliphatic heterocycles. The number of rotatable bonds is 5. The molecule has 1 heterocycles. The molecule has 0 unspecified atom stereocenters. The van der Waals surface area contributed by atoms with Gasteiger partial charge in [-0.3, -0.25) is 0 Å². The second-order valence-electron chi connectivity index (χ2n) is 5.73. The molecule has 0 aliphatic carbocycles. The molecule has 2 aromatic carbocycles. The molecular weight excluding hydrogens is 381 g/mol. The van der Waals surface area contributed by atoms with Crippen LogP contribution in [0.3, 0.4) is 0 Å². The van der Waals surface area contributed by atoms with Crippen molar-refractivity contribution in [3.05, 3.63) is 65.9 Å². The van der Waals surface area contributed by atoms with Crippen LogP contribution in [0.5, 0.6) is 0 Å². The first-order valence-corrected chi connectivity index (χ1v) is 8.92. The third kappa shape index (κ3) is 4.47. The molecule has 2 N–H and O–H groups in total. The van der Waals surface area contributed by atoms with Gasteiger partial charge < -0.3 is 5.43 Å². The number of thiol groups is 1. The molecular formula is C17H15F3N4O2S. The zero-order valence-corrected chi connectivity index (χ0v) is 14.9. The van der Waals surface area contributed by atoms with Gasteiger partial charge in [-0.15, -0.1) is 4.83 Å². The Bertz CT molecular complexity index is 1000. The Hall–Kier alpha value is -2.85. The first kappa shape index (κ1) is 18.9. The standard InChI is InChI=1S/C17H15F3N4O2S/c1-11-2-4-12(5-3-11)15-10-16(17(18,19)20)22-24(15)14-8-6-13(7-9-14)21-23-27(25)26/h2-10,21,27H,1H3,(H,23,25,26). The molecule has 0 saturated heterocycles. The second-order valence-corrected chi connectivity index (χ2v) is 6.47. The van der Waals surface area contributed by atoms with Crippen molar-refractivity contribution in [1.29, 1.82) is 0 Å². The molecule has 0 fully saturated rings. The Morgan fingerprint density at radius 1 is 1.00 bits per heavy atom. The topological polar surface area (TPSA) is 76.0 Å². The lowest BCUT2D eigenvalue weighted by Crippen LogP contribution is -2.19. The summed E-state index contributed by atoms with van der Waals surface area (Å²) in [6, 6.07) is 14.2. The number of hydrogen-bond donors (Lipinski definition) is 3. The molecule has 0 spiro atoms. The number of aromatic nitrogens is 2. The van der Waals surface area contributed by atoms with E-state index in [4.69, 9.17) is 0 Å². The summed E-state index contributed by atoms with van der Waals surface area (Å²) in [5.74, 6) is 0. The highest BCUT2D eigenvalue weighted by molar-refractivity contribution is 7.70. The number of anilines is 1. The fourth-order valence-corrected chi connectivity index (χ4v) is 2.66. The molecule has 0 amide bonds. The zero-order valence-electron chi connectivity index (χ0n) is 14.0. The maximum Gasteiger partial charge on any atom is 0.435 e. The fourth-order valence-electron chi connectivity index (χ4n) is 2.44. The van der Waals surface area contributed by atoms with Crippen molar-refractivity contribution in [2.45, 2.75) is 13.1 Å². The van der Waals surface area contributed by atoms with Crippen LogP contribution in [-0.2, 0) is 17.1 Å². The molecule has 1 aromatic heterocycles. The van der Waals surface area contributed by atoms with Crippen molar-refractivity contribution in [2.75, 3.05) is 5.43 Å². The molecule has 0 bridgehead atoms. The summed E-state index contributed by atoms with van der Waals surface area (Å²) in [5.41, 5.74) is 4.16. The molecule has 6 nitrogen and oxygen atoms in total. The van der Waals surface area contributed by atoms with Gasteiger partial charge in [-0.05, 0) is 37.3 Å². The molecule has 3 rings (SSSR count). The van der Waals surface area contributed by atoms with E-state index in [0.29, 0.717) is 22.6 Å². The normalized spacial score (nSPS) is 11.7. The van der Waals surface area contributed by atoms with E-state index < -0.39 is 22.8 Å². The van der Waals surface area contributed by atoms with Gasteiger partial charge in [-0.2, -0.15) is 18.3 Å². The van der Waals surface area contributed by atoms with Gasteiger partial charge in [0.15, 0.2) is 5.69 Å². The van der Waals surface area contributed by atoms with E-state index in [1.54, 1.807) is 12.1 Å². The van der Waals surface area contributed by atoms with Crippen LogP contribution in [0, 0.1) is 6.92 Å². The van der Waals surface area contributed by atoms with Gasteiger partial charge in [0.05, 0.1) is 11.4 Å². The Morgan fingerprint density at radius 2 is 1.63 bits per heavy atom. The summed E-state index contributed by atoms with van der Waals surface area (Å²) in [4.78, 5) is 2.02. The van der Waals surface area contributed by atoms with E-state index in [9.17, 15) is 21.6 Å². The maximum absolute atomic E-state index is 13.2. The van der Waals surface area contributed by atoms with Crippen molar-refractivity contribution >= 4 is 16.6 Å². The molecule has 0 atom stereocenters. The lowest BCUT2D eigenvalue weighted by Gasteiger charge is -2.09. The molecule has 10 heteroatoms. The van der Waals surface area contributed by atoms with Crippen molar-refractivity contribution in [2.24, 2.45) is 0 Å². The summed E-state index contributed by atoms with van der Waals surface area (Å²) < 4.78 is 61.8. The fraction of sp³-hybridized carbons (Fsp3) is 0.118. The van der Waals surface area contributed by atoms with E-state index in [0.717, 1.165) is 11.6 Å². The molecule has 27 heavy (non-hydrogen) atoms. The third-order valence-corrected chi connectivity index (χ3v) is 4.04. The van der Waals surface area contributed by atoms with Crippen LogP contribution in [0.15, 0.2) is 54.6 Å².